The molecule has 1 amide bonds. The number of ether oxygens (including phenoxy) is 2. The van der Waals surface area contributed by atoms with Crippen LogP contribution in [0.5, 0.6) is 0 Å². The number of fused-ring (bicyclic) bond motifs is 1. The first kappa shape index (κ1) is 11.3. The number of hydrogen-bond donors (Lipinski definition) is 3. The van der Waals surface area contributed by atoms with Crippen molar-refractivity contribution in [2.45, 2.75) is 62.2 Å². The third kappa shape index (κ3) is 1.80. The van der Waals surface area contributed by atoms with Crippen LogP contribution in [0.4, 0.5) is 4.79 Å². The molecule has 4 atom stereocenters. The van der Waals surface area contributed by atoms with Crippen molar-refractivity contribution in [3.05, 3.63) is 0 Å². The second kappa shape index (κ2) is 3.83. The Morgan fingerprint density at radius 2 is 1.88 bits per heavy atom. The highest BCUT2D eigenvalue weighted by atomic mass is 16.8. The van der Waals surface area contributed by atoms with Crippen molar-refractivity contribution < 1.29 is 24.5 Å². The highest BCUT2D eigenvalue weighted by Crippen LogP contribution is 2.46. The zero-order valence-corrected chi connectivity index (χ0v) is 9.46. The van der Waals surface area contributed by atoms with E-state index in [1.807, 2.05) is 0 Å². The smallest absolute Gasteiger partial charge is 0.404 e. The minimum atomic E-state index is -1.08. The van der Waals surface area contributed by atoms with E-state index in [-0.39, 0.29) is 18.2 Å². The van der Waals surface area contributed by atoms with Crippen LogP contribution in [-0.2, 0) is 9.47 Å². The fourth-order valence-electron chi connectivity index (χ4n) is 3.24. The number of amides is 1. The first-order chi connectivity index (χ1) is 8.10. The number of hydrogen-bond acceptors (Lipinski definition) is 4. The maximum atomic E-state index is 10.7. The van der Waals surface area contributed by atoms with Crippen molar-refractivity contribution in [2.24, 2.45) is 0 Å². The third-order valence-corrected chi connectivity index (χ3v) is 3.97. The lowest BCUT2D eigenvalue weighted by atomic mass is 10.2. The summed E-state index contributed by atoms with van der Waals surface area (Å²) in [4.78, 5) is 10.7. The molecule has 1 saturated heterocycles. The Labute approximate surface area is 98.9 Å². The topological polar surface area (TPSA) is 88.0 Å². The number of aliphatic hydroxyl groups excluding tert-OH is 1. The van der Waals surface area contributed by atoms with Gasteiger partial charge in [-0.3, -0.25) is 0 Å². The van der Waals surface area contributed by atoms with Crippen LogP contribution in [0.1, 0.15) is 32.1 Å². The maximum absolute atomic E-state index is 10.7. The minimum Gasteiger partial charge on any atom is -0.465 e. The molecule has 96 valence electrons. The van der Waals surface area contributed by atoms with Gasteiger partial charge in [0.05, 0.1) is 12.1 Å². The average Bonchev–Trinajstić information content (AvgIpc) is 2.90. The Balaban J connectivity index is 1.74. The molecule has 0 unspecified atom stereocenters. The normalized spacial score (nSPS) is 42.9. The lowest BCUT2D eigenvalue weighted by Gasteiger charge is -2.25. The summed E-state index contributed by atoms with van der Waals surface area (Å²) >= 11 is 0. The summed E-state index contributed by atoms with van der Waals surface area (Å²) in [5.74, 6) is -0.560. The third-order valence-electron chi connectivity index (χ3n) is 3.97. The molecule has 3 N–H and O–H groups in total. The molecule has 0 aromatic heterocycles. The Kier molecular flexibility index (Phi) is 2.53. The van der Waals surface area contributed by atoms with E-state index in [9.17, 15) is 9.90 Å². The number of carbonyl (C=O) groups is 1. The van der Waals surface area contributed by atoms with Crippen LogP contribution in [0.25, 0.3) is 0 Å². The molecular formula is C11H17NO5. The summed E-state index contributed by atoms with van der Waals surface area (Å²) in [7, 11) is 0. The molecule has 1 aliphatic heterocycles. The summed E-state index contributed by atoms with van der Waals surface area (Å²) in [6.45, 7) is 0. The lowest BCUT2D eigenvalue weighted by Crippen LogP contribution is -2.42. The van der Waals surface area contributed by atoms with Gasteiger partial charge in [0, 0.05) is 12.8 Å². The van der Waals surface area contributed by atoms with E-state index in [2.05, 4.69) is 5.32 Å². The van der Waals surface area contributed by atoms with Gasteiger partial charge in [-0.05, 0) is 19.3 Å². The van der Waals surface area contributed by atoms with Crippen molar-refractivity contribution in [3.8, 4) is 0 Å². The van der Waals surface area contributed by atoms with Gasteiger partial charge in [0.2, 0.25) is 0 Å². The molecule has 2 saturated carbocycles. The van der Waals surface area contributed by atoms with Gasteiger partial charge in [0.1, 0.15) is 12.2 Å². The first-order valence-electron chi connectivity index (χ1n) is 6.13. The Bertz CT molecular complexity index is 328. The van der Waals surface area contributed by atoms with E-state index in [0.717, 1.165) is 25.7 Å². The van der Waals surface area contributed by atoms with E-state index in [0.29, 0.717) is 6.42 Å². The summed E-state index contributed by atoms with van der Waals surface area (Å²) in [6.07, 6.45) is 1.70. The number of aliphatic hydroxyl groups is 1. The molecule has 0 radical (unpaired) electrons. The van der Waals surface area contributed by atoms with Gasteiger partial charge in [-0.1, -0.05) is 0 Å². The van der Waals surface area contributed by atoms with E-state index in [1.54, 1.807) is 0 Å². The molecule has 3 aliphatic rings. The Hall–Kier alpha value is -0.850. The highest BCUT2D eigenvalue weighted by Gasteiger charge is 2.57. The van der Waals surface area contributed by atoms with Crippen molar-refractivity contribution in [1.82, 2.24) is 5.32 Å². The molecule has 0 aromatic rings. The molecule has 3 rings (SSSR count). The number of carboxylic acid groups (broad SMARTS) is 1. The molecular weight excluding hydrogens is 226 g/mol. The fourth-order valence-corrected chi connectivity index (χ4v) is 3.24. The highest BCUT2D eigenvalue weighted by molar-refractivity contribution is 5.65. The van der Waals surface area contributed by atoms with Crippen LogP contribution in [0.3, 0.4) is 0 Å². The van der Waals surface area contributed by atoms with Gasteiger partial charge in [-0.25, -0.2) is 4.79 Å². The van der Waals surface area contributed by atoms with Gasteiger partial charge in [-0.15, -0.1) is 0 Å². The van der Waals surface area contributed by atoms with Gasteiger partial charge in [0.15, 0.2) is 5.79 Å². The standard InChI is InChI=1S/C11H17NO5/c13-7-5-6(12-10(14)15)8-9(7)17-11(16-8)3-1-2-4-11/h6-9,12-13H,1-5H2,(H,14,15)/t6-,7+,8+,9-/m1/s1. The largest absolute Gasteiger partial charge is 0.465 e. The summed E-state index contributed by atoms with van der Waals surface area (Å²) in [5.41, 5.74) is 0. The van der Waals surface area contributed by atoms with Crippen molar-refractivity contribution >= 4 is 6.09 Å². The molecule has 3 fully saturated rings. The molecule has 2 aliphatic carbocycles. The van der Waals surface area contributed by atoms with Crippen molar-refractivity contribution in [1.29, 1.82) is 0 Å². The maximum Gasteiger partial charge on any atom is 0.404 e. The molecule has 1 spiro atoms. The van der Waals surface area contributed by atoms with E-state index in [1.165, 1.54) is 0 Å². The van der Waals surface area contributed by atoms with Crippen LogP contribution < -0.4 is 5.32 Å². The molecule has 1 heterocycles. The van der Waals surface area contributed by atoms with Crippen molar-refractivity contribution in [2.75, 3.05) is 0 Å². The van der Waals surface area contributed by atoms with Crippen LogP contribution in [0.15, 0.2) is 0 Å². The first-order valence-corrected chi connectivity index (χ1v) is 6.13. The summed E-state index contributed by atoms with van der Waals surface area (Å²) < 4.78 is 11.8. The van der Waals surface area contributed by atoms with Gasteiger partial charge in [-0.2, -0.15) is 0 Å². The van der Waals surface area contributed by atoms with Crippen LogP contribution >= 0.6 is 0 Å². The summed E-state index contributed by atoms with van der Waals surface area (Å²) in [5, 5.41) is 21.0. The van der Waals surface area contributed by atoms with E-state index < -0.39 is 18.0 Å². The second-order valence-electron chi connectivity index (χ2n) is 5.14. The monoisotopic (exact) mass is 243 g/mol. The quantitative estimate of drug-likeness (QED) is 0.622. The number of rotatable bonds is 1. The van der Waals surface area contributed by atoms with Crippen LogP contribution in [-0.4, -0.2) is 46.4 Å². The van der Waals surface area contributed by atoms with Gasteiger partial charge in [0.25, 0.3) is 0 Å². The second-order valence-corrected chi connectivity index (χ2v) is 5.14. The Morgan fingerprint density at radius 3 is 2.53 bits per heavy atom. The predicted octanol–water partition coefficient (Wildman–Crippen LogP) is 0.441. The van der Waals surface area contributed by atoms with Crippen molar-refractivity contribution in [3.63, 3.8) is 0 Å². The molecule has 6 heteroatoms. The predicted molar refractivity (Wildman–Crippen MR) is 56.5 cm³/mol. The lowest BCUT2D eigenvalue weighted by molar-refractivity contribution is -0.184. The minimum absolute atomic E-state index is 0.348. The summed E-state index contributed by atoms with van der Waals surface area (Å²) in [6, 6.07) is -0.368. The molecule has 6 nitrogen and oxygen atoms in total. The van der Waals surface area contributed by atoms with Crippen LogP contribution in [0.2, 0.25) is 0 Å². The average molecular weight is 243 g/mol. The zero-order valence-electron chi connectivity index (χ0n) is 9.46. The Morgan fingerprint density at radius 1 is 1.24 bits per heavy atom. The molecule has 0 bridgehead atoms. The molecule has 17 heavy (non-hydrogen) atoms. The van der Waals surface area contributed by atoms with E-state index in [4.69, 9.17) is 14.6 Å². The fraction of sp³-hybridized carbons (Fsp3) is 0.909. The van der Waals surface area contributed by atoms with Crippen LogP contribution in [0, 0.1) is 0 Å². The SMILES string of the molecule is O=C(O)N[C@@H]1C[C@H](O)[C@H]2OC3(CCCC3)O[C@H]21. The molecule has 0 aromatic carbocycles. The van der Waals surface area contributed by atoms with Gasteiger partial charge >= 0.3 is 6.09 Å². The van der Waals surface area contributed by atoms with E-state index >= 15 is 0 Å². The number of nitrogens with one attached hydrogen (secondary N) is 1. The van der Waals surface area contributed by atoms with Gasteiger partial charge < -0.3 is 25.0 Å². The zero-order chi connectivity index (χ0) is 12.0.